The molecule has 2 unspecified atom stereocenters. The Balaban J connectivity index is 1.53. The Hall–Kier alpha value is -2.54. The minimum absolute atomic E-state index is 0.295. The number of urea groups is 1. The van der Waals surface area contributed by atoms with Crippen LogP contribution in [0.2, 0.25) is 10.0 Å². The molecule has 3 aromatic rings. The molecule has 1 saturated heterocycles. The lowest BCUT2D eigenvalue weighted by Crippen LogP contribution is -2.60. The minimum atomic E-state index is -0.484. The first-order valence-electron chi connectivity index (χ1n) is 8.84. The average Bonchev–Trinajstić information content (AvgIpc) is 3.13. The van der Waals surface area contributed by atoms with Gasteiger partial charge < -0.3 is 5.32 Å². The fraction of sp³-hybridized carbons (Fsp3) is 0.0952. The molecule has 1 aromatic heterocycles. The summed E-state index contributed by atoms with van der Waals surface area (Å²) in [6, 6.07) is 11.9. The van der Waals surface area contributed by atoms with Gasteiger partial charge in [-0.3, -0.25) is 9.78 Å². The van der Waals surface area contributed by atoms with E-state index in [1.54, 1.807) is 24.4 Å². The van der Waals surface area contributed by atoms with E-state index in [1.165, 1.54) is 18.0 Å². The second-order valence-corrected chi connectivity index (χ2v) is 8.69. The molecule has 3 heterocycles. The number of amides is 3. The van der Waals surface area contributed by atoms with Crippen LogP contribution in [0, 0.1) is 0 Å². The maximum Gasteiger partial charge on any atom is 0.329 e. The van der Waals surface area contributed by atoms with Crippen LogP contribution in [0.15, 0.2) is 60.9 Å². The SMILES string of the molecule is O=C1NC2C=C(c3ccccc3Cl)SC2C(=O)N1c1cncc2c(Cl)cccc12. The molecule has 0 aliphatic carbocycles. The van der Waals surface area contributed by atoms with Crippen molar-refractivity contribution in [3.8, 4) is 0 Å². The minimum Gasteiger partial charge on any atom is -0.329 e. The van der Waals surface area contributed by atoms with Gasteiger partial charge in [-0.05, 0) is 18.2 Å². The standard InChI is InChI=1S/C21H13Cl2N3O2S/c22-14-6-2-1-4-12(14)18-8-16-19(29-18)20(27)26(21(28)25-16)17-10-24-9-13-11(17)5-3-7-15(13)23/h1-10,16,19H,(H,25,28). The van der Waals surface area contributed by atoms with Gasteiger partial charge in [0, 0.05) is 32.5 Å². The molecule has 2 aliphatic rings. The van der Waals surface area contributed by atoms with E-state index in [0.29, 0.717) is 26.5 Å². The van der Waals surface area contributed by atoms with Crippen LogP contribution in [0.3, 0.4) is 0 Å². The molecule has 1 fully saturated rings. The van der Waals surface area contributed by atoms with Gasteiger partial charge in [-0.1, -0.05) is 53.5 Å². The predicted molar refractivity (Wildman–Crippen MR) is 117 cm³/mol. The van der Waals surface area contributed by atoms with E-state index in [1.807, 2.05) is 30.3 Å². The highest BCUT2D eigenvalue weighted by molar-refractivity contribution is 8.09. The normalized spacial score (nSPS) is 21.2. The van der Waals surface area contributed by atoms with E-state index in [4.69, 9.17) is 23.2 Å². The van der Waals surface area contributed by atoms with Crippen LogP contribution >= 0.6 is 35.0 Å². The molecule has 2 atom stereocenters. The molecule has 5 nitrogen and oxygen atoms in total. The van der Waals surface area contributed by atoms with Crippen molar-refractivity contribution in [3.63, 3.8) is 0 Å². The molecule has 0 saturated carbocycles. The molecule has 8 heteroatoms. The van der Waals surface area contributed by atoms with E-state index < -0.39 is 17.3 Å². The van der Waals surface area contributed by atoms with Gasteiger partial charge in [-0.2, -0.15) is 0 Å². The first-order valence-corrected chi connectivity index (χ1v) is 10.5. The van der Waals surface area contributed by atoms with Gasteiger partial charge in [0.05, 0.1) is 22.9 Å². The van der Waals surface area contributed by atoms with Crippen LogP contribution < -0.4 is 10.2 Å². The van der Waals surface area contributed by atoms with Crippen molar-refractivity contribution in [1.29, 1.82) is 0 Å². The zero-order valence-electron chi connectivity index (χ0n) is 14.8. The third kappa shape index (κ3) is 2.99. The summed E-state index contributed by atoms with van der Waals surface area (Å²) in [6.45, 7) is 0. The summed E-state index contributed by atoms with van der Waals surface area (Å²) < 4.78 is 0. The zero-order valence-corrected chi connectivity index (χ0v) is 17.1. The zero-order chi connectivity index (χ0) is 20.1. The van der Waals surface area contributed by atoms with Crippen LogP contribution in [0.1, 0.15) is 5.56 Å². The number of imide groups is 1. The number of anilines is 1. The molecule has 144 valence electrons. The Labute approximate surface area is 180 Å². The van der Waals surface area contributed by atoms with Crippen molar-refractivity contribution in [2.24, 2.45) is 0 Å². The number of halogens is 2. The largest absolute Gasteiger partial charge is 0.329 e. The number of pyridine rings is 1. The lowest BCUT2D eigenvalue weighted by molar-refractivity contribution is -0.118. The van der Waals surface area contributed by atoms with Gasteiger partial charge >= 0.3 is 6.03 Å². The number of rotatable bonds is 2. The average molecular weight is 442 g/mol. The Bertz CT molecular complexity index is 1210. The Kier molecular flexibility index (Phi) is 4.50. The predicted octanol–water partition coefficient (Wildman–Crippen LogP) is 5.12. The summed E-state index contributed by atoms with van der Waals surface area (Å²) in [7, 11) is 0. The summed E-state index contributed by atoms with van der Waals surface area (Å²) in [5, 5.41) is 4.93. The number of carbonyl (C=O) groups is 2. The van der Waals surface area contributed by atoms with Gasteiger partial charge in [0.15, 0.2) is 0 Å². The first kappa shape index (κ1) is 18.5. The van der Waals surface area contributed by atoms with E-state index in [9.17, 15) is 9.59 Å². The second kappa shape index (κ2) is 7.06. The summed E-state index contributed by atoms with van der Waals surface area (Å²) >= 11 is 14.0. The van der Waals surface area contributed by atoms with Crippen molar-refractivity contribution in [1.82, 2.24) is 10.3 Å². The molecular formula is C21H13Cl2N3O2S. The number of nitrogens with zero attached hydrogens (tertiary/aromatic N) is 2. The van der Waals surface area contributed by atoms with Crippen LogP contribution in [-0.4, -0.2) is 28.2 Å². The van der Waals surface area contributed by atoms with E-state index in [-0.39, 0.29) is 5.91 Å². The molecule has 29 heavy (non-hydrogen) atoms. The van der Waals surface area contributed by atoms with E-state index in [0.717, 1.165) is 15.4 Å². The molecular weight excluding hydrogens is 429 g/mol. The highest BCUT2D eigenvalue weighted by Crippen LogP contribution is 2.44. The molecule has 0 spiro atoms. The topological polar surface area (TPSA) is 62.3 Å². The molecule has 2 aromatic carbocycles. The monoisotopic (exact) mass is 441 g/mol. The smallest absolute Gasteiger partial charge is 0.329 e. The molecule has 0 radical (unpaired) electrons. The number of fused-ring (bicyclic) bond motifs is 2. The third-order valence-corrected chi connectivity index (χ3v) is 7.00. The van der Waals surface area contributed by atoms with Crippen molar-refractivity contribution >= 4 is 68.3 Å². The van der Waals surface area contributed by atoms with Crippen LogP contribution in [0.4, 0.5) is 10.5 Å². The molecule has 0 bridgehead atoms. The van der Waals surface area contributed by atoms with Gasteiger partial charge in [0.25, 0.3) is 5.91 Å². The molecule has 2 aliphatic heterocycles. The number of aromatic nitrogens is 1. The molecule has 1 N–H and O–H groups in total. The lowest BCUT2D eigenvalue weighted by Gasteiger charge is -2.33. The summed E-state index contributed by atoms with van der Waals surface area (Å²) in [5.74, 6) is -0.295. The third-order valence-electron chi connectivity index (χ3n) is 4.98. The summed E-state index contributed by atoms with van der Waals surface area (Å²) in [6.07, 6.45) is 5.03. The number of carbonyl (C=O) groups excluding carboxylic acids is 2. The fourth-order valence-electron chi connectivity index (χ4n) is 3.62. The maximum absolute atomic E-state index is 13.3. The molecule has 5 rings (SSSR count). The van der Waals surface area contributed by atoms with Crippen molar-refractivity contribution in [2.45, 2.75) is 11.3 Å². The number of benzene rings is 2. The van der Waals surface area contributed by atoms with Crippen LogP contribution in [0.5, 0.6) is 0 Å². The first-order chi connectivity index (χ1) is 14.0. The fourth-order valence-corrected chi connectivity index (χ4v) is 5.44. The second-order valence-electron chi connectivity index (χ2n) is 6.69. The summed E-state index contributed by atoms with van der Waals surface area (Å²) in [5.41, 5.74) is 1.26. The van der Waals surface area contributed by atoms with Crippen molar-refractivity contribution < 1.29 is 9.59 Å². The summed E-state index contributed by atoms with van der Waals surface area (Å²) in [4.78, 5) is 32.4. The highest BCUT2D eigenvalue weighted by Gasteiger charge is 2.45. The lowest BCUT2D eigenvalue weighted by atomic mass is 10.1. The Morgan fingerprint density at radius 2 is 1.76 bits per heavy atom. The van der Waals surface area contributed by atoms with Gasteiger partial charge in [0.2, 0.25) is 0 Å². The van der Waals surface area contributed by atoms with Gasteiger partial charge in [0.1, 0.15) is 5.25 Å². The maximum atomic E-state index is 13.3. The number of hydrogen-bond acceptors (Lipinski definition) is 4. The van der Waals surface area contributed by atoms with Crippen LogP contribution in [0.25, 0.3) is 15.7 Å². The van der Waals surface area contributed by atoms with Crippen molar-refractivity contribution in [2.75, 3.05) is 4.90 Å². The van der Waals surface area contributed by atoms with Crippen LogP contribution in [-0.2, 0) is 4.79 Å². The number of nitrogens with one attached hydrogen (secondary N) is 1. The molecule has 3 amide bonds. The highest BCUT2D eigenvalue weighted by atomic mass is 35.5. The number of hydrogen-bond donors (Lipinski definition) is 1. The van der Waals surface area contributed by atoms with Crippen molar-refractivity contribution in [3.05, 3.63) is 76.5 Å². The van der Waals surface area contributed by atoms with Gasteiger partial charge in [-0.25, -0.2) is 9.69 Å². The Morgan fingerprint density at radius 3 is 2.59 bits per heavy atom. The van der Waals surface area contributed by atoms with Gasteiger partial charge in [-0.15, -0.1) is 11.8 Å². The van der Waals surface area contributed by atoms with E-state index in [2.05, 4.69) is 10.3 Å². The quantitative estimate of drug-likeness (QED) is 0.598. The Morgan fingerprint density at radius 1 is 0.966 bits per heavy atom. The number of thioether (sulfide) groups is 1. The van der Waals surface area contributed by atoms with E-state index >= 15 is 0 Å².